The fourth-order valence-corrected chi connectivity index (χ4v) is 2.73. The molecule has 0 aromatic heterocycles. The Bertz CT molecular complexity index is 693. The molecule has 4 heteroatoms. The topological polar surface area (TPSA) is 46.6 Å². The minimum atomic E-state index is -0.223. The van der Waals surface area contributed by atoms with E-state index in [1.165, 1.54) is 0 Å². The number of ether oxygens (including phenoxy) is 1. The van der Waals surface area contributed by atoms with Crippen LogP contribution in [-0.2, 0) is 11.2 Å². The Morgan fingerprint density at radius 1 is 1.00 bits per heavy atom. The summed E-state index contributed by atoms with van der Waals surface area (Å²) in [6.07, 6.45) is 1.52. The Kier molecular flexibility index (Phi) is 6.75. The van der Waals surface area contributed by atoms with Gasteiger partial charge >= 0.3 is 0 Å². The molecule has 1 atom stereocenters. The van der Waals surface area contributed by atoms with Crippen LogP contribution in [0.15, 0.2) is 54.6 Å². The quantitative estimate of drug-likeness (QED) is 0.690. The lowest BCUT2D eigenvalue weighted by Crippen LogP contribution is -2.24. The summed E-state index contributed by atoms with van der Waals surface area (Å²) in [7, 11) is 5.10. The van der Waals surface area contributed by atoms with E-state index in [4.69, 9.17) is 4.74 Å². The fraction of sp³-hybridized carbons (Fsp3) is 0.333. The Morgan fingerprint density at radius 2 is 1.64 bits per heavy atom. The highest BCUT2D eigenvalue weighted by Crippen LogP contribution is 2.21. The zero-order valence-electron chi connectivity index (χ0n) is 15.1. The molecule has 0 saturated heterocycles. The first-order chi connectivity index (χ1) is 12.0. The highest BCUT2D eigenvalue weighted by molar-refractivity contribution is 5.98. The van der Waals surface area contributed by atoms with Crippen molar-refractivity contribution in [3.8, 4) is 5.75 Å². The van der Waals surface area contributed by atoms with Crippen molar-refractivity contribution in [3.63, 3.8) is 0 Å². The lowest BCUT2D eigenvalue weighted by atomic mass is 9.87. The van der Waals surface area contributed by atoms with E-state index in [0.717, 1.165) is 11.3 Å². The number of methoxy groups -OCH3 is 1. The van der Waals surface area contributed by atoms with Gasteiger partial charge in [-0.1, -0.05) is 42.5 Å². The Hall–Kier alpha value is -2.62. The van der Waals surface area contributed by atoms with E-state index in [-0.39, 0.29) is 17.6 Å². The summed E-state index contributed by atoms with van der Waals surface area (Å²) in [5.41, 5.74) is 1.76. The SMILES string of the molecule is COc1ccc(C[C@H](CCC(=O)N(C)C)C(=O)c2ccccc2)cc1. The molecule has 1 amide bonds. The van der Waals surface area contributed by atoms with Gasteiger partial charge in [0.05, 0.1) is 7.11 Å². The van der Waals surface area contributed by atoms with Gasteiger partial charge in [-0.3, -0.25) is 9.59 Å². The number of carbonyl (C=O) groups is 2. The molecule has 2 aromatic carbocycles. The maximum Gasteiger partial charge on any atom is 0.222 e. The molecule has 0 aliphatic rings. The summed E-state index contributed by atoms with van der Waals surface area (Å²) in [5.74, 6) is 0.695. The summed E-state index contributed by atoms with van der Waals surface area (Å²) >= 11 is 0. The number of hydrogen-bond donors (Lipinski definition) is 0. The van der Waals surface area contributed by atoms with Gasteiger partial charge in [0, 0.05) is 32.0 Å². The van der Waals surface area contributed by atoms with Crippen molar-refractivity contribution in [3.05, 3.63) is 65.7 Å². The first-order valence-corrected chi connectivity index (χ1v) is 8.43. The molecule has 0 heterocycles. The number of ketones is 1. The molecule has 0 bridgehead atoms. The third-order valence-corrected chi connectivity index (χ3v) is 4.28. The molecule has 0 N–H and O–H groups in total. The molecular weight excluding hydrogens is 314 g/mol. The van der Waals surface area contributed by atoms with Crippen molar-refractivity contribution < 1.29 is 14.3 Å². The first kappa shape index (κ1) is 18.7. The minimum absolute atomic E-state index is 0.0422. The van der Waals surface area contributed by atoms with E-state index >= 15 is 0 Å². The second kappa shape index (κ2) is 9.02. The molecule has 0 spiro atoms. The first-order valence-electron chi connectivity index (χ1n) is 8.43. The van der Waals surface area contributed by atoms with Crippen LogP contribution in [0.1, 0.15) is 28.8 Å². The van der Waals surface area contributed by atoms with Gasteiger partial charge < -0.3 is 9.64 Å². The maximum atomic E-state index is 12.9. The van der Waals surface area contributed by atoms with E-state index in [9.17, 15) is 9.59 Å². The van der Waals surface area contributed by atoms with E-state index in [1.54, 1.807) is 26.1 Å². The van der Waals surface area contributed by atoms with Gasteiger partial charge in [0.2, 0.25) is 5.91 Å². The smallest absolute Gasteiger partial charge is 0.222 e. The van der Waals surface area contributed by atoms with Gasteiger partial charge in [0.15, 0.2) is 5.78 Å². The van der Waals surface area contributed by atoms with Crippen molar-refractivity contribution in [2.45, 2.75) is 19.3 Å². The zero-order chi connectivity index (χ0) is 18.2. The monoisotopic (exact) mass is 339 g/mol. The fourth-order valence-electron chi connectivity index (χ4n) is 2.73. The summed E-state index contributed by atoms with van der Waals surface area (Å²) in [5, 5.41) is 0. The Labute approximate surface area is 149 Å². The van der Waals surface area contributed by atoms with Crippen molar-refractivity contribution >= 4 is 11.7 Å². The van der Waals surface area contributed by atoms with Gasteiger partial charge in [0.25, 0.3) is 0 Å². The van der Waals surface area contributed by atoms with Crippen molar-refractivity contribution in [2.24, 2.45) is 5.92 Å². The predicted octanol–water partition coefficient (Wildman–Crippen LogP) is 3.61. The third kappa shape index (κ3) is 5.45. The molecule has 0 aliphatic carbocycles. The Morgan fingerprint density at radius 3 is 2.20 bits per heavy atom. The lowest BCUT2D eigenvalue weighted by Gasteiger charge is -2.18. The summed E-state index contributed by atoms with van der Waals surface area (Å²) in [6, 6.07) is 17.0. The predicted molar refractivity (Wildman–Crippen MR) is 98.9 cm³/mol. The highest BCUT2D eigenvalue weighted by atomic mass is 16.5. The molecule has 0 unspecified atom stereocenters. The molecule has 4 nitrogen and oxygen atoms in total. The van der Waals surface area contributed by atoms with Crippen LogP contribution >= 0.6 is 0 Å². The summed E-state index contributed by atoms with van der Waals surface area (Å²) < 4.78 is 5.18. The summed E-state index contributed by atoms with van der Waals surface area (Å²) in [6.45, 7) is 0. The molecule has 0 radical (unpaired) electrons. The second-order valence-electron chi connectivity index (χ2n) is 6.31. The normalized spacial score (nSPS) is 11.6. The highest BCUT2D eigenvalue weighted by Gasteiger charge is 2.22. The number of benzene rings is 2. The van der Waals surface area contributed by atoms with Crippen molar-refractivity contribution in [1.82, 2.24) is 4.90 Å². The number of nitrogens with zero attached hydrogens (tertiary/aromatic N) is 1. The van der Waals surface area contributed by atoms with Gasteiger partial charge in [-0.05, 0) is 30.5 Å². The van der Waals surface area contributed by atoms with Crippen molar-refractivity contribution in [1.29, 1.82) is 0 Å². The van der Waals surface area contributed by atoms with E-state index in [2.05, 4.69) is 0 Å². The average Bonchev–Trinajstić information content (AvgIpc) is 2.65. The van der Waals surface area contributed by atoms with Gasteiger partial charge in [-0.15, -0.1) is 0 Å². The maximum absolute atomic E-state index is 12.9. The number of hydrogen-bond acceptors (Lipinski definition) is 3. The molecule has 132 valence electrons. The molecule has 0 aliphatic heterocycles. The van der Waals surface area contributed by atoms with Crippen molar-refractivity contribution in [2.75, 3.05) is 21.2 Å². The largest absolute Gasteiger partial charge is 0.497 e. The van der Waals surface area contributed by atoms with Crippen LogP contribution < -0.4 is 4.74 Å². The van der Waals surface area contributed by atoms with Crippen LogP contribution in [0.5, 0.6) is 5.75 Å². The van der Waals surface area contributed by atoms with Crippen LogP contribution in [-0.4, -0.2) is 37.8 Å². The Balaban J connectivity index is 2.15. The van der Waals surface area contributed by atoms with Crippen LogP contribution in [0.2, 0.25) is 0 Å². The van der Waals surface area contributed by atoms with Crippen LogP contribution in [0.25, 0.3) is 0 Å². The minimum Gasteiger partial charge on any atom is -0.497 e. The zero-order valence-corrected chi connectivity index (χ0v) is 15.1. The number of amides is 1. The molecule has 25 heavy (non-hydrogen) atoms. The summed E-state index contributed by atoms with van der Waals surface area (Å²) in [4.78, 5) is 26.4. The van der Waals surface area contributed by atoms with Crippen LogP contribution in [0.3, 0.4) is 0 Å². The van der Waals surface area contributed by atoms with E-state index in [0.29, 0.717) is 24.8 Å². The van der Waals surface area contributed by atoms with Gasteiger partial charge in [-0.2, -0.15) is 0 Å². The van der Waals surface area contributed by atoms with Gasteiger partial charge in [0.1, 0.15) is 5.75 Å². The van der Waals surface area contributed by atoms with Gasteiger partial charge in [-0.25, -0.2) is 0 Å². The molecular formula is C21H25NO3. The lowest BCUT2D eigenvalue weighted by molar-refractivity contribution is -0.128. The van der Waals surface area contributed by atoms with E-state index in [1.807, 2.05) is 54.6 Å². The van der Waals surface area contributed by atoms with Crippen LogP contribution in [0, 0.1) is 5.92 Å². The third-order valence-electron chi connectivity index (χ3n) is 4.28. The number of carbonyl (C=O) groups excluding carboxylic acids is 2. The average molecular weight is 339 g/mol. The molecule has 0 saturated carbocycles. The number of Topliss-reactive ketones (excluding diaryl/α,β-unsaturated/α-hetero) is 1. The second-order valence-corrected chi connectivity index (χ2v) is 6.31. The number of rotatable bonds is 8. The van der Waals surface area contributed by atoms with Crippen LogP contribution in [0.4, 0.5) is 0 Å². The molecule has 2 aromatic rings. The molecule has 2 rings (SSSR count). The van der Waals surface area contributed by atoms with E-state index < -0.39 is 0 Å². The molecule has 0 fully saturated rings. The standard InChI is InChI=1S/C21H25NO3/c1-22(2)20(23)14-11-18(21(24)17-7-5-4-6-8-17)15-16-9-12-19(25-3)13-10-16/h4-10,12-13,18H,11,14-15H2,1-3H3/t18-/m0/s1.